The molecule has 0 aromatic rings. The SMILES string of the molecule is CCCCCCCCC(OCCC(C)C)OCCC(C)C. The first-order valence-corrected chi connectivity index (χ1v) is 9.29. The number of rotatable bonds is 15. The van der Waals surface area contributed by atoms with E-state index >= 15 is 0 Å². The Kier molecular flexibility index (Phi) is 14.8. The Morgan fingerprint density at radius 3 is 1.57 bits per heavy atom. The molecular weight excluding hydrogens is 260 g/mol. The van der Waals surface area contributed by atoms with Gasteiger partial charge in [0.2, 0.25) is 0 Å². The second-order valence-corrected chi connectivity index (χ2v) is 7.09. The molecule has 0 bridgehead atoms. The van der Waals surface area contributed by atoms with Gasteiger partial charge in [-0.2, -0.15) is 0 Å². The molecule has 0 saturated carbocycles. The van der Waals surface area contributed by atoms with Crippen molar-refractivity contribution in [2.75, 3.05) is 13.2 Å². The summed E-state index contributed by atoms with van der Waals surface area (Å²) in [6.45, 7) is 12.9. The lowest BCUT2D eigenvalue weighted by Crippen LogP contribution is -2.20. The minimum absolute atomic E-state index is 0.0219. The van der Waals surface area contributed by atoms with E-state index in [9.17, 15) is 0 Å². The van der Waals surface area contributed by atoms with Gasteiger partial charge in [-0.3, -0.25) is 0 Å². The largest absolute Gasteiger partial charge is 0.353 e. The van der Waals surface area contributed by atoms with Crippen LogP contribution in [0.2, 0.25) is 0 Å². The number of hydrogen-bond acceptors (Lipinski definition) is 2. The average molecular weight is 301 g/mol. The van der Waals surface area contributed by atoms with Gasteiger partial charge in [-0.15, -0.1) is 0 Å². The van der Waals surface area contributed by atoms with Crippen molar-refractivity contribution in [3.8, 4) is 0 Å². The molecule has 0 amide bonds. The van der Waals surface area contributed by atoms with E-state index in [1.807, 2.05) is 0 Å². The van der Waals surface area contributed by atoms with Crippen LogP contribution in [0.5, 0.6) is 0 Å². The zero-order valence-corrected chi connectivity index (χ0v) is 15.3. The molecule has 0 aliphatic rings. The standard InChI is InChI=1S/C19H40O2/c1-6-7-8-9-10-11-12-19(20-15-13-17(2)3)21-16-14-18(4)5/h17-19H,6-16H2,1-5H3. The van der Waals surface area contributed by atoms with Crippen molar-refractivity contribution in [2.45, 2.75) is 98.7 Å². The summed E-state index contributed by atoms with van der Waals surface area (Å²) in [5.74, 6) is 1.41. The molecule has 0 rings (SSSR count). The molecule has 0 atom stereocenters. The van der Waals surface area contributed by atoms with Crippen LogP contribution in [0.3, 0.4) is 0 Å². The van der Waals surface area contributed by atoms with E-state index in [0.717, 1.165) is 32.5 Å². The second-order valence-electron chi connectivity index (χ2n) is 7.09. The molecule has 0 aromatic heterocycles. The van der Waals surface area contributed by atoms with Crippen LogP contribution in [0.1, 0.15) is 92.4 Å². The molecule has 0 saturated heterocycles. The Balaban J connectivity index is 3.77. The van der Waals surface area contributed by atoms with Crippen LogP contribution in [0.4, 0.5) is 0 Å². The van der Waals surface area contributed by atoms with E-state index in [1.165, 1.54) is 38.5 Å². The Morgan fingerprint density at radius 1 is 0.619 bits per heavy atom. The first kappa shape index (κ1) is 20.9. The van der Waals surface area contributed by atoms with Gasteiger partial charge in [0.1, 0.15) is 0 Å². The second kappa shape index (κ2) is 14.8. The lowest BCUT2D eigenvalue weighted by molar-refractivity contribution is -0.150. The molecule has 0 fully saturated rings. The van der Waals surface area contributed by atoms with Gasteiger partial charge in [-0.05, 0) is 37.5 Å². The monoisotopic (exact) mass is 300 g/mol. The van der Waals surface area contributed by atoms with Gasteiger partial charge in [0.25, 0.3) is 0 Å². The van der Waals surface area contributed by atoms with E-state index < -0.39 is 0 Å². The lowest BCUT2D eigenvalue weighted by atomic mass is 10.1. The van der Waals surface area contributed by atoms with Crippen LogP contribution < -0.4 is 0 Å². The van der Waals surface area contributed by atoms with Gasteiger partial charge in [0.15, 0.2) is 6.29 Å². The van der Waals surface area contributed by atoms with E-state index in [2.05, 4.69) is 34.6 Å². The predicted molar refractivity (Wildman–Crippen MR) is 92.6 cm³/mol. The topological polar surface area (TPSA) is 18.5 Å². The number of hydrogen-bond donors (Lipinski definition) is 0. The quantitative estimate of drug-likeness (QED) is 0.265. The van der Waals surface area contributed by atoms with E-state index in [1.54, 1.807) is 0 Å². The van der Waals surface area contributed by atoms with Gasteiger partial charge in [-0.1, -0.05) is 66.7 Å². The minimum Gasteiger partial charge on any atom is -0.353 e. The summed E-state index contributed by atoms with van der Waals surface area (Å²) in [4.78, 5) is 0. The Morgan fingerprint density at radius 2 is 1.10 bits per heavy atom. The van der Waals surface area contributed by atoms with Crippen LogP contribution in [0, 0.1) is 11.8 Å². The summed E-state index contributed by atoms with van der Waals surface area (Å²) < 4.78 is 11.9. The van der Waals surface area contributed by atoms with E-state index in [-0.39, 0.29) is 6.29 Å². The summed E-state index contributed by atoms with van der Waals surface area (Å²) in [5.41, 5.74) is 0. The minimum atomic E-state index is 0.0219. The smallest absolute Gasteiger partial charge is 0.157 e. The highest BCUT2D eigenvalue weighted by molar-refractivity contribution is 4.52. The zero-order valence-electron chi connectivity index (χ0n) is 15.3. The lowest BCUT2D eigenvalue weighted by Gasteiger charge is -2.20. The molecular formula is C19H40O2. The van der Waals surface area contributed by atoms with Crippen LogP contribution in [-0.2, 0) is 9.47 Å². The van der Waals surface area contributed by atoms with Crippen molar-refractivity contribution in [1.29, 1.82) is 0 Å². The Bertz CT molecular complexity index is 188. The number of ether oxygens (including phenoxy) is 2. The summed E-state index contributed by atoms with van der Waals surface area (Å²) in [7, 11) is 0. The fraction of sp³-hybridized carbons (Fsp3) is 1.00. The molecule has 0 heterocycles. The third-order valence-corrected chi connectivity index (χ3v) is 3.79. The molecule has 21 heavy (non-hydrogen) atoms. The summed E-state index contributed by atoms with van der Waals surface area (Å²) in [6, 6.07) is 0. The van der Waals surface area contributed by atoms with E-state index in [0.29, 0.717) is 11.8 Å². The summed E-state index contributed by atoms with van der Waals surface area (Å²) >= 11 is 0. The third kappa shape index (κ3) is 16.1. The summed E-state index contributed by atoms with van der Waals surface area (Å²) in [5, 5.41) is 0. The van der Waals surface area contributed by atoms with Crippen LogP contribution in [-0.4, -0.2) is 19.5 Å². The highest BCUT2D eigenvalue weighted by Gasteiger charge is 2.10. The molecule has 128 valence electrons. The van der Waals surface area contributed by atoms with Crippen molar-refractivity contribution in [1.82, 2.24) is 0 Å². The van der Waals surface area contributed by atoms with Crippen molar-refractivity contribution < 1.29 is 9.47 Å². The van der Waals surface area contributed by atoms with Gasteiger partial charge in [0.05, 0.1) is 0 Å². The molecule has 0 unspecified atom stereocenters. The highest BCUT2D eigenvalue weighted by atomic mass is 16.7. The summed E-state index contributed by atoms with van der Waals surface area (Å²) in [6.07, 6.45) is 11.3. The Hall–Kier alpha value is -0.0800. The molecule has 0 N–H and O–H groups in total. The van der Waals surface area contributed by atoms with Crippen LogP contribution in [0.15, 0.2) is 0 Å². The molecule has 2 nitrogen and oxygen atoms in total. The molecule has 0 aliphatic heterocycles. The first-order chi connectivity index (χ1) is 10.1. The van der Waals surface area contributed by atoms with Gasteiger partial charge in [-0.25, -0.2) is 0 Å². The zero-order chi connectivity index (χ0) is 15.9. The van der Waals surface area contributed by atoms with E-state index in [4.69, 9.17) is 9.47 Å². The maximum atomic E-state index is 5.94. The number of unbranched alkanes of at least 4 members (excludes halogenated alkanes) is 5. The maximum Gasteiger partial charge on any atom is 0.157 e. The molecule has 0 radical (unpaired) electrons. The van der Waals surface area contributed by atoms with Crippen LogP contribution >= 0.6 is 0 Å². The molecule has 0 spiro atoms. The molecule has 0 aromatic carbocycles. The van der Waals surface area contributed by atoms with Gasteiger partial charge >= 0.3 is 0 Å². The molecule has 2 heteroatoms. The van der Waals surface area contributed by atoms with Crippen molar-refractivity contribution in [2.24, 2.45) is 11.8 Å². The van der Waals surface area contributed by atoms with Crippen LogP contribution in [0.25, 0.3) is 0 Å². The average Bonchev–Trinajstić information content (AvgIpc) is 2.41. The fourth-order valence-electron chi connectivity index (χ4n) is 2.18. The third-order valence-electron chi connectivity index (χ3n) is 3.79. The Labute approximate surface area is 134 Å². The highest BCUT2D eigenvalue weighted by Crippen LogP contribution is 2.13. The van der Waals surface area contributed by atoms with Gasteiger partial charge in [0, 0.05) is 13.2 Å². The van der Waals surface area contributed by atoms with Crippen molar-refractivity contribution in [3.05, 3.63) is 0 Å². The molecule has 0 aliphatic carbocycles. The first-order valence-electron chi connectivity index (χ1n) is 9.29. The normalized spacial score (nSPS) is 12.0. The fourth-order valence-corrected chi connectivity index (χ4v) is 2.18. The maximum absolute atomic E-state index is 5.94. The van der Waals surface area contributed by atoms with Crippen molar-refractivity contribution in [3.63, 3.8) is 0 Å². The predicted octanol–water partition coefficient (Wildman–Crippen LogP) is 6.19. The van der Waals surface area contributed by atoms with Crippen molar-refractivity contribution >= 4 is 0 Å². The van der Waals surface area contributed by atoms with Gasteiger partial charge < -0.3 is 9.47 Å².